The molecule has 0 saturated carbocycles. The Hall–Kier alpha value is -1.02. The van der Waals surface area contributed by atoms with Gasteiger partial charge in [-0.05, 0) is 43.0 Å². The average Bonchev–Trinajstić information content (AvgIpc) is 2.35. The van der Waals surface area contributed by atoms with Crippen molar-refractivity contribution < 1.29 is 5.11 Å². The van der Waals surface area contributed by atoms with E-state index < -0.39 is 0 Å². The average molecular weight is 235 g/mol. The van der Waals surface area contributed by atoms with Gasteiger partial charge in [-0.1, -0.05) is 26.3 Å². The monoisotopic (exact) mass is 235 g/mol. The van der Waals surface area contributed by atoms with Gasteiger partial charge in [-0.3, -0.25) is 0 Å². The SMILES string of the molecule is CCC(C)CN(CC)c1ccc(CO)c(C)c1. The predicted molar refractivity (Wildman–Crippen MR) is 74.4 cm³/mol. The molecule has 0 bridgehead atoms. The second kappa shape index (κ2) is 6.65. The molecule has 0 radical (unpaired) electrons. The van der Waals surface area contributed by atoms with Crippen LogP contribution in [-0.2, 0) is 6.61 Å². The molecule has 0 aliphatic heterocycles. The zero-order valence-electron chi connectivity index (χ0n) is 11.5. The van der Waals surface area contributed by atoms with Crippen molar-refractivity contribution in [2.24, 2.45) is 5.92 Å². The number of benzene rings is 1. The molecule has 0 spiro atoms. The van der Waals surface area contributed by atoms with E-state index in [0.717, 1.165) is 18.7 Å². The van der Waals surface area contributed by atoms with E-state index in [-0.39, 0.29) is 6.61 Å². The lowest BCUT2D eigenvalue weighted by atomic mass is 10.1. The van der Waals surface area contributed by atoms with E-state index in [9.17, 15) is 5.11 Å². The van der Waals surface area contributed by atoms with Gasteiger partial charge in [0.1, 0.15) is 0 Å². The maximum atomic E-state index is 9.17. The van der Waals surface area contributed by atoms with Crippen molar-refractivity contribution in [2.75, 3.05) is 18.0 Å². The molecule has 1 aromatic rings. The van der Waals surface area contributed by atoms with Crippen LogP contribution < -0.4 is 4.90 Å². The first kappa shape index (κ1) is 14.0. The standard InChI is InChI=1S/C15H25NO/c1-5-12(3)10-16(6-2)15-8-7-14(11-17)13(4)9-15/h7-9,12,17H,5-6,10-11H2,1-4H3. The zero-order valence-corrected chi connectivity index (χ0v) is 11.5. The van der Waals surface area contributed by atoms with Crippen LogP contribution in [0.25, 0.3) is 0 Å². The Morgan fingerprint density at radius 3 is 2.47 bits per heavy atom. The van der Waals surface area contributed by atoms with Crippen LogP contribution in [0.15, 0.2) is 18.2 Å². The molecule has 0 heterocycles. The highest BCUT2D eigenvalue weighted by Crippen LogP contribution is 2.20. The molecule has 1 atom stereocenters. The Morgan fingerprint density at radius 1 is 1.29 bits per heavy atom. The Labute approximate surface area is 105 Å². The molecule has 1 rings (SSSR count). The summed E-state index contributed by atoms with van der Waals surface area (Å²) in [7, 11) is 0. The van der Waals surface area contributed by atoms with Crippen LogP contribution in [0, 0.1) is 12.8 Å². The van der Waals surface area contributed by atoms with E-state index in [4.69, 9.17) is 0 Å². The summed E-state index contributed by atoms with van der Waals surface area (Å²) >= 11 is 0. The molecule has 2 nitrogen and oxygen atoms in total. The third-order valence-corrected chi connectivity index (χ3v) is 3.47. The highest BCUT2D eigenvalue weighted by Gasteiger charge is 2.09. The van der Waals surface area contributed by atoms with Gasteiger partial charge < -0.3 is 10.0 Å². The summed E-state index contributed by atoms with van der Waals surface area (Å²) in [5.41, 5.74) is 3.46. The Balaban J connectivity index is 2.85. The smallest absolute Gasteiger partial charge is 0.0684 e. The van der Waals surface area contributed by atoms with E-state index in [1.165, 1.54) is 17.7 Å². The van der Waals surface area contributed by atoms with E-state index in [1.807, 2.05) is 6.07 Å². The highest BCUT2D eigenvalue weighted by molar-refractivity contribution is 5.50. The number of aryl methyl sites for hydroxylation is 1. The minimum absolute atomic E-state index is 0.129. The Morgan fingerprint density at radius 2 is 2.00 bits per heavy atom. The number of hydrogen-bond acceptors (Lipinski definition) is 2. The number of rotatable bonds is 6. The minimum Gasteiger partial charge on any atom is -0.392 e. The van der Waals surface area contributed by atoms with Crippen LogP contribution in [-0.4, -0.2) is 18.2 Å². The lowest BCUT2D eigenvalue weighted by Gasteiger charge is -2.27. The van der Waals surface area contributed by atoms with E-state index in [1.54, 1.807) is 0 Å². The van der Waals surface area contributed by atoms with Gasteiger partial charge >= 0.3 is 0 Å². The van der Waals surface area contributed by atoms with Crippen molar-refractivity contribution in [1.29, 1.82) is 0 Å². The van der Waals surface area contributed by atoms with Crippen molar-refractivity contribution >= 4 is 5.69 Å². The minimum atomic E-state index is 0.129. The van der Waals surface area contributed by atoms with E-state index in [0.29, 0.717) is 5.92 Å². The van der Waals surface area contributed by atoms with Gasteiger partial charge in [0.2, 0.25) is 0 Å². The van der Waals surface area contributed by atoms with Crippen molar-refractivity contribution in [3.63, 3.8) is 0 Å². The van der Waals surface area contributed by atoms with Gasteiger partial charge in [0.25, 0.3) is 0 Å². The van der Waals surface area contributed by atoms with Gasteiger partial charge in [-0.2, -0.15) is 0 Å². The van der Waals surface area contributed by atoms with Crippen LogP contribution in [0.1, 0.15) is 38.3 Å². The molecule has 1 aromatic carbocycles. The van der Waals surface area contributed by atoms with Crippen molar-refractivity contribution in [1.82, 2.24) is 0 Å². The molecule has 0 fully saturated rings. The summed E-state index contributed by atoms with van der Waals surface area (Å²) in [6.45, 7) is 11.0. The maximum Gasteiger partial charge on any atom is 0.0684 e. The Kier molecular flexibility index (Phi) is 5.49. The lowest BCUT2D eigenvalue weighted by Crippen LogP contribution is -2.28. The van der Waals surface area contributed by atoms with Crippen LogP contribution in [0.2, 0.25) is 0 Å². The summed E-state index contributed by atoms with van der Waals surface area (Å²) in [5.74, 6) is 0.716. The zero-order chi connectivity index (χ0) is 12.8. The quantitative estimate of drug-likeness (QED) is 0.817. The number of aliphatic hydroxyl groups is 1. The summed E-state index contributed by atoms with van der Waals surface area (Å²) in [5, 5.41) is 9.17. The molecule has 0 saturated heterocycles. The lowest BCUT2D eigenvalue weighted by molar-refractivity contribution is 0.281. The first-order valence-corrected chi connectivity index (χ1v) is 6.57. The van der Waals surface area contributed by atoms with Crippen LogP contribution in [0.5, 0.6) is 0 Å². The molecule has 0 amide bonds. The summed E-state index contributed by atoms with van der Waals surface area (Å²) in [4.78, 5) is 2.41. The normalized spacial score (nSPS) is 12.5. The highest BCUT2D eigenvalue weighted by atomic mass is 16.3. The first-order chi connectivity index (χ1) is 8.12. The molecule has 1 N–H and O–H groups in total. The van der Waals surface area contributed by atoms with Gasteiger partial charge in [-0.25, -0.2) is 0 Å². The van der Waals surface area contributed by atoms with Crippen molar-refractivity contribution in [3.05, 3.63) is 29.3 Å². The van der Waals surface area contributed by atoms with Gasteiger partial charge in [0.15, 0.2) is 0 Å². The van der Waals surface area contributed by atoms with Crippen LogP contribution >= 0.6 is 0 Å². The van der Waals surface area contributed by atoms with Crippen LogP contribution in [0.3, 0.4) is 0 Å². The topological polar surface area (TPSA) is 23.5 Å². The number of nitrogens with zero attached hydrogens (tertiary/aromatic N) is 1. The van der Waals surface area contributed by atoms with Crippen molar-refractivity contribution in [3.8, 4) is 0 Å². The maximum absolute atomic E-state index is 9.17. The second-order valence-corrected chi connectivity index (χ2v) is 4.82. The Bertz CT molecular complexity index is 349. The largest absolute Gasteiger partial charge is 0.392 e. The van der Waals surface area contributed by atoms with Crippen molar-refractivity contribution in [2.45, 2.75) is 40.7 Å². The third-order valence-electron chi connectivity index (χ3n) is 3.47. The fraction of sp³-hybridized carbons (Fsp3) is 0.600. The number of aliphatic hydroxyl groups excluding tert-OH is 1. The molecular weight excluding hydrogens is 210 g/mol. The fourth-order valence-electron chi connectivity index (χ4n) is 1.98. The van der Waals surface area contributed by atoms with E-state index >= 15 is 0 Å². The molecule has 1 unspecified atom stereocenters. The second-order valence-electron chi connectivity index (χ2n) is 4.82. The molecule has 17 heavy (non-hydrogen) atoms. The molecular formula is C15H25NO. The van der Waals surface area contributed by atoms with Crippen LogP contribution in [0.4, 0.5) is 5.69 Å². The predicted octanol–water partition coefficient (Wildman–Crippen LogP) is 3.36. The fourth-order valence-corrected chi connectivity index (χ4v) is 1.98. The third kappa shape index (κ3) is 3.74. The van der Waals surface area contributed by atoms with E-state index in [2.05, 4.69) is 44.7 Å². The number of hydrogen-bond donors (Lipinski definition) is 1. The molecule has 0 aliphatic rings. The summed E-state index contributed by atoms with van der Waals surface area (Å²) in [6, 6.07) is 6.33. The number of anilines is 1. The molecule has 0 aromatic heterocycles. The van der Waals surface area contributed by atoms with Gasteiger partial charge in [-0.15, -0.1) is 0 Å². The first-order valence-electron chi connectivity index (χ1n) is 6.57. The summed E-state index contributed by atoms with van der Waals surface area (Å²) in [6.07, 6.45) is 1.21. The summed E-state index contributed by atoms with van der Waals surface area (Å²) < 4.78 is 0. The molecule has 0 aliphatic carbocycles. The molecule has 2 heteroatoms. The van der Waals surface area contributed by atoms with Gasteiger partial charge in [0.05, 0.1) is 6.61 Å². The van der Waals surface area contributed by atoms with Gasteiger partial charge in [0, 0.05) is 18.8 Å². The molecule has 96 valence electrons.